The number of nitrogens with zero attached hydrogens (tertiary/aromatic N) is 2. The second-order valence-electron chi connectivity index (χ2n) is 10.6. The highest BCUT2D eigenvalue weighted by molar-refractivity contribution is 7.92. The minimum atomic E-state index is -4.20. The van der Waals surface area contributed by atoms with E-state index in [2.05, 4.69) is 5.32 Å². The summed E-state index contributed by atoms with van der Waals surface area (Å²) in [5.74, 6) is -0.449. The van der Waals surface area contributed by atoms with E-state index in [4.69, 9.17) is 16.3 Å². The molecule has 4 rings (SSSR count). The maximum absolute atomic E-state index is 14.3. The first kappa shape index (κ1) is 32.4. The zero-order chi connectivity index (χ0) is 30.8. The van der Waals surface area contributed by atoms with Gasteiger partial charge in [0.2, 0.25) is 11.8 Å². The zero-order valence-corrected chi connectivity index (χ0v) is 26.3. The summed E-state index contributed by atoms with van der Waals surface area (Å²) < 4.78 is 35.0. The highest BCUT2D eigenvalue weighted by Crippen LogP contribution is 2.33. The molecule has 1 aliphatic rings. The summed E-state index contributed by atoms with van der Waals surface area (Å²) >= 11 is 6.50. The molecular weight excluding hydrogens is 586 g/mol. The fraction of sp³-hybridized carbons (Fsp3) is 0.394. The number of halogens is 1. The third kappa shape index (κ3) is 8.09. The molecule has 1 atom stereocenters. The molecule has 1 aliphatic carbocycles. The van der Waals surface area contributed by atoms with Crippen LogP contribution in [-0.2, 0) is 26.2 Å². The van der Waals surface area contributed by atoms with E-state index in [1.165, 1.54) is 17.0 Å². The lowest BCUT2D eigenvalue weighted by Gasteiger charge is -2.35. The summed E-state index contributed by atoms with van der Waals surface area (Å²) in [6.45, 7) is 3.46. The predicted molar refractivity (Wildman–Crippen MR) is 170 cm³/mol. The van der Waals surface area contributed by atoms with E-state index in [0.717, 1.165) is 36.4 Å². The predicted octanol–water partition coefficient (Wildman–Crippen LogP) is 6.19. The van der Waals surface area contributed by atoms with E-state index in [9.17, 15) is 18.0 Å². The maximum atomic E-state index is 14.3. The third-order valence-electron chi connectivity index (χ3n) is 7.68. The molecule has 3 aromatic carbocycles. The maximum Gasteiger partial charge on any atom is 0.264 e. The van der Waals surface area contributed by atoms with Crippen molar-refractivity contribution in [3.8, 4) is 5.75 Å². The van der Waals surface area contributed by atoms with Gasteiger partial charge in [0, 0.05) is 17.6 Å². The number of ether oxygens (including phenoxy) is 1. The highest BCUT2D eigenvalue weighted by atomic mass is 35.5. The second-order valence-corrected chi connectivity index (χ2v) is 12.9. The standard InChI is InChI=1S/C33H40ClN3O5S/c1-3-29(33(39)35-26-16-7-5-8-17-26)36(23-25-15-11-12-20-28(25)34)32(38)24-37(30-21-13-14-22-31(30)42-4-2)43(40,41)27-18-9-6-10-19-27/h6,9-15,18-22,26,29H,3-5,7-8,16-17,23-24H2,1-2H3,(H,35,39). The molecule has 1 N–H and O–H groups in total. The van der Waals surface area contributed by atoms with Gasteiger partial charge >= 0.3 is 0 Å². The lowest BCUT2D eigenvalue weighted by Crippen LogP contribution is -2.54. The molecule has 0 bridgehead atoms. The molecule has 0 saturated heterocycles. The van der Waals surface area contributed by atoms with Crippen LogP contribution in [0.15, 0.2) is 83.8 Å². The fourth-order valence-electron chi connectivity index (χ4n) is 5.45. The van der Waals surface area contributed by atoms with Crippen LogP contribution in [0.2, 0.25) is 5.02 Å². The number of benzene rings is 3. The van der Waals surface area contributed by atoms with E-state index in [0.29, 0.717) is 29.4 Å². The van der Waals surface area contributed by atoms with Gasteiger partial charge in [-0.15, -0.1) is 0 Å². The van der Waals surface area contributed by atoms with Crippen LogP contribution in [0.25, 0.3) is 0 Å². The molecule has 0 aliphatic heterocycles. The number of para-hydroxylation sites is 2. The number of nitrogens with one attached hydrogen (secondary N) is 1. The van der Waals surface area contributed by atoms with Crippen molar-refractivity contribution in [2.45, 2.75) is 75.9 Å². The van der Waals surface area contributed by atoms with Gasteiger partial charge in [-0.1, -0.05) is 86.3 Å². The van der Waals surface area contributed by atoms with Crippen molar-refractivity contribution in [3.63, 3.8) is 0 Å². The Bertz CT molecular complexity index is 1480. The number of anilines is 1. The Kier molecular flexibility index (Phi) is 11.5. The van der Waals surface area contributed by atoms with Crippen LogP contribution < -0.4 is 14.4 Å². The quantitative estimate of drug-likeness (QED) is 0.244. The van der Waals surface area contributed by atoms with Gasteiger partial charge in [-0.2, -0.15) is 0 Å². The van der Waals surface area contributed by atoms with Gasteiger partial charge in [-0.05, 0) is 62.1 Å². The van der Waals surface area contributed by atoms with Gasteiger partial charge in [0.1, 0.15) is 18.3 Å². The number of amides is 2. The first-order valence-corrected chi connectivity index (χ1v) is 16.7. The number of carbonyl (C=O) groups is 2. The molecule has 3 aromatic rings. The van der Waals surface area contributed by atoms with Gasteiger partial charge in [0.25, 0.3) is 10.0 Å². The third-order valence-corrected chi connectivity index (χ3v) is 9.82. The number of hydrogen-bond donors (Lipinski definition) is 1. The van der Waals surface area contributed by atoms with Crippen LogP contribution in [0, 0.1) is 0 Å². The fourth-order valence-corrected chi connectivity index (χ4v) is 7.09. The molecule has 0 spiro atoms. The van der Waals surface area contributed by atoms with Crippen LogP contribution in [0.3, 0.4) is 0 Å². The minimum Gasteiger partial charge on any atom is -0.492 e. The zero-order valence-electron chi connectivity index (χ0n) is 24.7. The molecule has 43 heavy (non-hydrogen) atoms. The topological polar surface area (TPSA) is 96.0 Å². The molecule has 0 radical (unpaired) electrons. The molecule has 0 aromatic heterocycles. The van der Waals surface area contributed by atoms with E-state index in [1.807, 2.05) is 13.0 Å². The van der Waals surface area contributed by atoms with E-state index < -0.39 is 28.5 Å². The molecular formula is C33H40ClN3O5S. The average molecular weight is 626 g/mol. The van der Waals surface area contributed by atoms with Gasteiger partial charge in [0.05, 0.1) is 17.2 Å². The number of rotatable bonds is 13. The summed E-state index contributed by atoms with van der Waals surface area (Å²) in [6.07, 6.45) is 5.40. The van der Waals surface area contributed by atoms with Crippen molar-refractivity contribution in [1.29, 1.82) is 0 Å². The second kappa shape index (κ2) is 15.3. The van der Waals surface area contributed by atoms with Gasteiger partial charge in [0.15, 0.2) is 0 Å². The molecule has 230 valence electrons. The molecule has 2 amide bonds. The Balaban J connectivity index is 1.74. The monoisotopic (exact) mass is 625 g/mol. The van der Waals surface area contributed by atoms with Crippen molar-refractivity contribution < 1.29 is 22.7 Å². The molecule has 1 saturated carbocycles. The first-order chi connectivity index (χ1) is 20.8. The summed E-state index contributed by atoms with van der Waals surface area (Å²) in [4.78, 5) is 29.5. The van der Waals surface area contributed by atoms with Gasteiger partial charge < -0.3 is 15.0 Å². The lowest BCUT2D eigenvalue weighted by molar-refractivity contribution is -0.140. The van der Waals surface area contributed by atoms with Crippen LogP contribution >= 0.6 is 11.6 Å². The van der Waals surface area contributed by atoms with Gasteiger partial charge in [-0.25, -0.2) is 8.42 Å². The van der Waals surface area contributed by atoms with Crippen molar-refractivity contribution in [2.75, 3.05) is 17.5 Å². The molecule has 1 unspecified atom stereocenters. The normalized spacial score (nSPS) is 14.5. The van der Waals surface area contributed by atoms with Crippen LogP contribution in [0.4, 0.5) is 5.69 Å². The SMILES string of the molecule is CCOc1ccccc1N(CC(=O)N(Cc1ccccc1Cl)C(CC)C(=O)NC1CCCCC1)S(=O)(=O)c1ccccc1. The Labute approximate surface area is 260 Å². The number of carbonyl (C=O) groups excluding carboxylic acids is 2. The van der Waals surface area contributed by atoms with Crippen molar-refractivity contribution in [3.05, 3.63) is 89.4 Å². The van der Waals surface area contributed by atoms with Crippen molar-refractivity contribution in [2.24, 2.45) is 0 Å². The van der Waals surface area contributed by atoms with Crippen molar-refractivity contribution in [1.82, 2.24) is 10.2 Å². The van der Waals surface area contributed by atoms with E-state index in [1.54, 1.807) is 67.6 Å². The number of hydrogen-bond acceptors (Lipinski definition) is 5. The Hall–Kier alpha value is -3.56. The Morgan fingerprint density at radius 2 is 1.58 bits per heavy atom. The first-order valence-electron chi connectivity index (χ1n) is 14.9. The number of sulfonamides is 1. The van der Waals surface area contributed by atoms with Crippen molar-refractivity contribution >= 4 is 39.1 Å². The van der Waals surface area contributed by atoms with Crippen LogP contribution in [0.5, 0.6) is 5.75 Å². The summed E-state index contributed by atoms with van der Waals surface area (Å²) in [6, 6.07) is 21.1. The largest absolute Gasteiger partial charge is 0.492 e. The molecule has 1 fully saturated rings. The molecule has 8 nitrogen and oxygen atoms in total. The molecule has 0 heterocycles. The minimum absolute atomic E-state index is 0.0360. The highest BCUT2D eigenvalue weighted by Gasteiger charge is 2.35. The lowest BCUT2D eigenvalue weighted by atomic mass is 9.95. The van der Waals surface area contributed by atoms with Gasteiger partial charge in [-0.3, -0.25) is 13.9 Å². The van der Waals surface area contributed by atoms with Crippen LogP contribution in [-0.4, -0.2) is 50.4 Å². The van der Waals surface area contributed by atoms with E-state index >= 15 is 0 Å². The Morgan fingerprint density at radius 1 is 0.930 bits per heavy atom. The summed E-state index contributed by atoms with van der Waals surface area (Å²) in [5, 5.41) is 3.61. The summed E-state index contributed by atoms with van der Waals surface area (Å²) in [7, 11) is -4.20. The summed E-state index contributed by atoms with van der Waals surface area (Å²) in [5.41, 5.74) is 0.896. The molecule has 10 heteroatoms. The smallest absolute Gasteiger partial charge is 0.264 e. The average Bonchev–Trinajstić information content (AvgIpc) is 3.02. The van der Waals surface area contributed by atoms with E-state index in [-0.39, 0.29) is 29.1 Å². The Morgan fingerprint density at radius 3 is 2.26 bits per heavy atom. The van der Waals surface area contributed by atoms with Crippen LogP contribution in [0.1, 0.15) is 57.9 Å².